The van der Waals surface area contributed by atoms with Gasteiger partial charge in [-0.1, -0.05) is 6.07 Å². The second kappa shape index (κ2) is 7.64. The highest BCUT2D eigenvalue weighted by atomic mass is 16.1. The molecule has 0 amide bonds. The van der Waals surface area contributed by atoms with Crippen molar-refractivity contribution in [2.75, 3.05) is 44.2 Å². The molecule has 7 nitrogen and oxygen atoms in total. The highest BCUT2D eigenvalue weighted by Gasteiger charge is 2.31. The van der Waals surface area contributed by atoms with Crippen LogP contribution in [-0.2, 0) is 13.1 Å². The minimum Gasteiger partial charge on any atom is -0.339 e. The summed E-state index contributed by atoms with van der Waals surface area (Å²) in [6.45, 7) is 7.41. The van der Waals surface area contributed by atoms with Gasteiger partial charge in [0.05, 0.1) is 0 Å². The fourth-order valence-electron chi connectivity index (χ4n) is 4.98. The molecule has 5 rings (SSSR count). The fourth-order valence-corrected chi connectivity index (χ4v) is 4.98. The number of rotatable bonds is 3. The van der Waals surface area contributed by atoms with Gasteiger partial charge in [-0.3, -0.25) is 9.69 Å². The van der Waals surface area contributed by atoms with Gasteiger partial charge in [-0.15, -0.1) is 0 Å². The predicted molar refractivity (Wildman–Crippen MR) is 109 cm³/mol. The first-order chi connectivity index (χ1) is 13.8. The van der Waals surface area contributed by atoms with Gasteiger partial charge in [-0.2, -0.15) is 0 Å². The van der Waals surface area contributed by atoms with Crippen molar-refractivity contribution in [1.82, 2.24) is 24.8 Å². The zero-order valence-corrected chi connectivity index (χ0v) is 16.3. The summed E-state index contributed by atoms with van der Waals surface area (Å²) in [6.07, 6.45) is 5.86. The number of hydrogen-bond donors (Lipinski definition) is 1. The van der Waals surface area contributed by atoms with E-state index < -0.39 is 0 Å². The van der Waals surface area contributed by atoms with Gasteiger partial charge in [0, 0.05) is 75.4 Å². The van der Waals surface area contributed by atoms with Crippen LogP contribution >= 0.6 is 0 Å². The molecule has 7 heteroatoms. The zero-order valence-electron chi connectivity index (χ0n) is 16.3. The molecule has 0 saturated carbocycles. The molecule has 1 N–H and O–H groups in total. The summed E-state index contributed by atoms with van der Waals surface area (Å²) in [4.78, 5) is 26.6. The van der Waals surface area contributed by atoms with Crippen LogP contribution in [0.1, 0.15) is 30.0 Å². The van der Waals surface area contributed by atoms with Gasteiger partial charge in [0.1, 0.15) is 0 Å². The van der Waals surface area contributed by atoms with Gasteiger partial charge in [-0.25, -0.2) is 9.97 Å². The highest BCUT2D eigenvalue weighted by Crippen LogP contribution is 2.31. The van der Waals surface area contributed by atoms with Crippen LogP contribution < -0.4 is 15.8 Å². The quantitative estimate of drug-likeness (QED) is 0.859. The van der Waals surface area contributed by atoms with Crippen molar-refractivity contribution in [3.05, 3.63) is 52.2 Å². The summed E-state index contributed by atoms with van der Waals surface area (Å²) in [7, 11) is 0. The Morgan fingerprint density at radius 1 is 1.07 bits per heavy atom. The number of fused-ring (bicyclic) bond motifs is 4. The normalized spacial score (nSPS) is 25.2. The molecule has 3 aliphatic heterocycles. The van der Waals surface area contributed by atoms with Crippen LogP contribution in [0.2, 0.25) is 0 Å². The molecule has 2 aromatic rings. The average molecular weight is 380 g/mol. The average Bonchev–Trinajstić information content (AvgIpc) is 2.97. The number of aromatic nitrogens is 3. The van der Waals surface area contributed by atoms with Crippen molar-refractivity contribution >= 4 is 5.95 Å². The van der Waals surface area contributed by atoms with Crippen LogP contribution in [0.15, 0.2) is 35.4 Å². The molecular weight excluding hydrogens is 352 g/mol. The number of nitrogens with one attached hydrogen (secondary N) is 1. The Morgan fingerprint density at radius 3 is 2.86 bits per heavy atom. The largest absolute Gasteiger partial charge is 0.339 e. The second-order valence-electron chi connectivity index (χ2n) is 8.32. The van der Waals surface area contributed by atoms with Crippen molar-refractivity contribution in [1.29, 1.82) is 0 Å². The highest BCUT2D eigenvalue weighted by molar-refractivity contribution is 5.28. The van der Waals surface area contributed by atoms with Crippen molar-refractivity contribution in [2.24, 2.45) is 5.92 Å². The van der Waals surface area contributed by atoms with Crippen LogP contribution in [0, 0.1) is 5.92 Å². The molecule has 28 heavy (non-hydrogen) atoms. The van der Waals surface area contributed by atoms with E-state index in [-0.39, 0.29) is 5.56 Å². The molecule has 2 atom stereocenters. The van der Waals surface area contributed by atoms with Crippen molar-refractivity contribution < 1.29 is 0 Å². The SMILES string of the molecule is O=c1c(CN2CCCN(c3ncccn3)CC2)ccc2n1C[C@@H]1CNC[C@H]2C1. The lowest BCUT2D eigenvalue weighted by Crippen LogP contribution is -2.45. The number of anilines is 1. The van der Waals surface area contributed by atoms with Crippen LogP contribution in [0.25, 0.3) is 0 Å². The smallest absolute Gasteiger partial charge is 0.255 e. The summed E-state index contributed by atoms with van der Waals surface area (Å²) >= 11 is 0. The summed E-state index contributed by atoms with van der Waals surface area (Å²) in [5, 5.41) is 3.51. The van der Waals surface area contributed by atoms with E-state index in [1.54, 1.807) is 12.4 Å². The third-order valence-electron chi connectivity index (χ3n) is 6.40. The lowest BCUT2D eigenvalue weighted by Gasteiger charge is -2.37. The summed E-state index contributed by atoms with van der Waals surface area (Å²) in [6, 6.07) is 6.13. The van der Waals surface area contributed by atoms with Gasteiger partial charge in [0.25, 0.3) is 5.56 Å². The van der Waals surface area contributed by atoms with Crippen LogP contribution in [0.3, 0.4) is 0 Å². The van der Waals surface area contributed by atoms with E-state index in [4.69, 9.17) is 0 Å². The first kappa shape index (κ1) is 17.8. The molecule has 0 radical (unpaired) electrons. The Morgan fingerprint density at radius 2 is 1.96 bits per heavy atom. The monoisotopic (exact) mass is 380 g/mol. The van der Waals surface area contributed by atoms with E-state index in [9.17, 15) is 4.79 Å². The van der Waals surface area contributed by atoms with Crippen molar-refractivity contribution in [2.45, 2.75) is 31.8 Å². The molecule has 2 bridgehead atoms. The molecule has 2 saturated heterocycles. The fraction of sp³-hybridized carbons (Fsp3) is 0.571. The Kier molecular flexibility index (Phi) is 4.86. The van der Waals surface area contributed by atoms with Crippen molar-refractivity contribution in [3.63, 3.8) is 0 Å². The Bertz CT molecular complexity index is 882. The van der Waals surface area contributed by atoms with Crippen LogP contribution in [0.5, 0.6) is 0 Å². The van der Waals surface area contributed by atoms with E-state index in [2.05, 4.69) is 41.8 Å². The summed E-state index contributed by atoms with van der Waals surface area (Å²) in [5.41, 5.74) is 2.38. The molecule has 0 aromatic carbocycles. The first-order valence-electron chi connectivity index (χ1n) is 10.5. The van der Waals surface area contributed by atoms with Gasteiger partial charge >= 0.3 is 0 Å². The lowest BCUT2D eigenvalue weighted by molar-refractivity contribution is 0.252. The second-order valence-corrected chi connectivity index (χ2v) is 8.32. The zero-order chi connectivity index (χ0) is 18.9. The molecule has 5 heterocycles. The number of piperidine rings is 1. The first-order valence-corrected chi connectivity index (χ1v) is 10.5. The number of hydrogen-bond acceptors (Lipinski definition) is 6. The molecule has 148 valence electrons. The predicted octanol–water partition coefficient (Wildman–Crippen LogP) is 1.06. The molecular formula is C21H28N6O. The Labute approximate surface area is 165 Å². The van der Waals surface area contributed by atoms with Crippen LogP contribution in [0.4, 0.5) is 5.95 Å². The maximum Gasteiger partial charge on any atom is 0.255 e. The molecule has 2 fully saturated rings. The maximum atomic E-state index is 13.2. The third-order valence-corrected chi connectivity index (χ3v) is 6.40. The minimum absolute atomic E-state index is 0.224. The maximum absolute atomic E-state index is 13.2. The Hall–Kier alpha value is -2.25. The molecule has 2 aromatic heterocycles. The van der Waals surface area contributed by atoms with E-state index in [1.807, 2.05) is 6.07 Å². The molecule has 0 aliphatic carbocycles. The van der Waals surface area contributed by atoms with E-state index in [1.165, 1.54) is 12.1 Å². The van der Waals surface area contributed by atoms with E-state index in [0.29, 0.717) is 11.8 Å². The van der Waals surface area contributed by atoms with Gasteiger partial charge in [-0.05, 0) is 37.4 Å². The number of pyridine rings is 1. The third kappa shape index (κ3) is 3.44. The Balaban J connectivity index is 1.30. The van der Waals surface area contributed by atoms with Gasteiger partial charge < -0.3 is 14.8 Å². The molecule has 0 unspecified atom stereocenters. The number of nitrogens with zero attached hydrogens (tertiary/aromatic N) is 5. The van der Waals surface area contributed by atoms with Gasteiger partial charge in [0.15, 0.2) is 0 Å². The van der Waals surface area contributed by atoms with E-state index in [0.717, 1.165) is 70.3 Å². The summed E-state index contributed by atoms with van der Waals surface area (Å²) < 4.78 is 2.07. The van der Waals surface area contributed by atoms with Gasteiger partial charge in [0.2, 0.25) is 5.95 Å². The van der Waals surface area contributed by atoms with Crippen molar-refractivity contribution in [3.8, 4) is 0 Å². The van der Waals surface area contributed by atoms with E-state index >= 15 is 0 Å². The minimum atomic E-state index is 0.224. The molecule has 0 spiro atoms. The lowest BCUT2D eigenvalue weighted by atomic mass is 9.84. The molecule has 3 aliphatic rings. The summed E-state index contributed by atoms with van der Waals surface area (Å²) in [5.74, 6) is 1.89. The topological polar surface area (TPSA) is 66.3 Å². The van der Waals surface area contributed by atoms with Crippen LogP contribution in [-0.4, -0.2) is 58.7 Å². The standard InChI is InChI=1S/C21H28N6O/c28-20-17(3-4-19-18-11-16(12-22-13-18)14-27(19)20)15-25-7-2-8-26(10-9-25)21-23-5-1-6-24-21/h1,3-6,16,18,22H,2,7-15H2/t16-,18+/m0/s1.